The van der Waals surface area contributed by atoms with Gasteiger partial charge in [-0.15, -0.1) is 10.2 Å². The van der Waals surface area contributed by atoms with Crippen molar-refractivity contribution in [2.75, 3.05) is 6.54 Å². The van der Waals surface area contributed by atoms with Crippen LogP contribution in [0.3, 0.4) is 0 Å². The number of alkyl halides is 3. The molecule has 1 heterocycles. The molecule has 0 radical (unpaired) electrons. The first-order valence-corrected chi connectivity index (χ1v) is 6.63. The summed E-state index contributed by atoms with van der Waals surface area (Å²) in [7, 11) is 0. The minimum Gasteiger partial charge on any atom is -0.330 e. The first-order valence-electron chi connectivity index (χ1n) is 5.82. The summed E-state index contributed by atoms with van der Waals surface area (Å²) in [5, 5.41) is 8.34. The van der Waals surface area contributed by atoms with Gasteiger partial charge < -0.3 is 5.73 Å². The standard InChI is InChI=1S/C12H11F4N3S/c13-10-7(3-1-4-8(10)12(14,15)16)11-19-18-9(20-11)5-2-6-17/h1,3-4H,2,5-6,17H2. The maximum absolute atomic E-state index is 13.9. The average molecular weight is 305 g/mol. The molecule has 2 N–H and O–H groups in total. The summed E-state index contributed by atoms with van der Waals surface area (Å²) in [5.74, 6) is -1.32. The number of aromatic nitrogens is 2. The predicted octanol–water partition coefficient (Wildman–Crippen LogP) is 3.25. The first-order chi connectivity index (χ1) is 9.43. The zero-order chi connectivity index (χ0) is 14.8. The normalized spacial score (nSPS) is 11.8. The molecule has 8 heteroatoms. The van der Waals surface area contributed by atoms with Crippen LogP contribution in [0.2, 0.25) is 0 Å². The third kappa shape index (κ3) is 3.13. The van der Waals surface area contributed by atoms with E-state index < -0.39 is 17.6 Å². The molecule has 2 aromatic rings. The lowest BCUT2D eigenvalue weighted by Gasteiger charge is -2.09. The van der Waals surface area contributed by atoms with Crippen LogP contribution in [-0.2, 0) is 12.6 Å². The Balaban J connectivity index is 2.36. The van der Waals surface area contributed by atoms with Crippen LogP contribution in [0.1, 0.15) is 17.0 Å². The monoisotopic (exact) mass is 305 g/mol. The number of benzene rings is 1. The van der Waals surface area contributed by atoms with Crippen LogP contribution in [-0.4, -0.2) is 16.7 Å². The fraction of sp³-hybridized carbons (Fsp3) is 0.333. The molecule has 0 aliphatic carbocycles. The van der Waals surface area contributed by atoms with Crippen LogP contribution in [0.4, 0.5) is 17.6 Å². The van der Waals surface area contributed by atoms with E-state index in [1.807, 2.05) is 0 Å². The summed E-state index contributed by atoms with van der Waals surface area (Å²) >= 11 is 1.07. The van der Waals surface area contributed by atoms with E-state index in [0.717, 1.165) is 17.4 Å². The number of nitrogens with zero attached hydrogens (tertiary/aromatic N) is 2. The van der Waals surface area contributed by atoms with E-state index in [-0.39, 0.29) is 10.6 Å². The Bertz CT molecular complexity index is 595. The highest BCUT2D eigenvalue weighted by molar-refractivity contribution is 7.14. The summed E-state index contributed by atoms with van der Waals surface area (Å²) in [6.07, 6.45) is -3.46. The molecule has 0 saturated carbocycles. The summed E-state index contributed by atoms with van der Waals surface area (Å²) in [6, 6.07) is 3.12. The fourth-order valence-electron chi connectivity index (χ4n) is 1.63. The van der Waals surface area contributed by atoms with E-state index in [0.29, 0.717) is 30.5 Å². The summed E-state index contributed by atoms with van der Waals surface area (Å²) in [6.45, 7) is 0.479. The van der Waals surface area contributed by atoms with Crippen molar-refractivity contribution < 1.29 is 17.6 Å². The molecule has 20 heavy (non-hydrogen) atoms. The molecule has 0 aliphatic heterocycles. The molecular weight excluding hydrogens is 294 g/mol. The van der Waals surface area contributed by atoms with Gasteiger partial charge in [-0.3, -0.25) is 0 Å². The molecule has 1 aromatic carbocycles. The van der Waals surface area contributed by atoms with Gasteiger partial charge in [0.25, 0.3) is 0 Å². The molecule has 108 valence electrons. The van der Waals surface area contributed by atoms with Gasteiger partial charge in [0.1, 0.15) is 10.8 Å². The van der Waals surface area contributed by atoms with Gasteiger partial charge in [-0.25, -0.2) is 4.39 Å². The van der Waals surface area contributed by atoms with Crippen LogP contribution >= 0.6 is 11.3 Å². The lowest BCUT2D eigenvalue weighted by molar-refractivity contribution is -0.139. The molecule has 0 saturated heterocycles. The van der Waals surface area contributed by atoms with Crippen molar-refractivity contribution in [2.24, 2.45) is 5.73 Å². The van der Waals surface area contributed by atoms with E-state index in [2.05, 4.69) is 10.2 Å². The van der Waals surface area contributed by atoms with Crippen molar-refractivity contribution in [2.45, 2.75) is 19.0 Å². The Morgan fingerprint density at radius 1 is 1.20 bits per heavy atom. The summed E-state index contributed by atoms with van der Waals surface area (Å²) < 4.78 is 51.8. The SMILES string of the molecule is NCCCc1nnc(-c2cccc(C(F)(F)F)c2F)s1. The van der Waals surface area contributed by atoms with Crippen LogP contribution in [0.15, 0.2) is 18.2 Å². The zero-order valence-corrected chi connectivity index (χ0v) is 11.1. The second-order valence-electron chi connectivity index (χ2n) is 4.06. The van der Waals surface area contributed by atoms with Gasteiger partial charge in [-0.05, 0) is 25.1 Å². The second kappa shape index (κ2) is 5.84. The molecule has 0 atom stereocenters. The Labute approximate surface area is 116 Å². The average Bonchev–Trinajstić information content (AvgIpc) is 2.83. The van der Waals surface area contributed by atoms with Crippen molar-refractivity contribution in [3.63, 3.8) is 0 Å². The minimum atomic E-state index is -4.73. The van der Waals surface area contributed by atoms with E-state index in [4.69, 9.17) is 5.73 Å². The molecule has 0 bridgehead atoms. The highest BCUT2D eigenvalue weighted by atomic mass is 32.1. The maximum Gasteiger partial charge on any atom is 0.419 e. The van der Waals surface area contributed by atoms with Crippen LogP contribution in [0.5, 0.6) is 0 Å². The van der Waals surface area contributed by atoms with E-state index in [1.54, 1.807) is 0 Å². The quantitative estimate of drug-likeness (QED) is 0.882. The second-order valence-corrected chi connectivity index (χ2v) is 5.12. The van der Waals surface area contributed by atoms with Crippen molar-refractivity contribution in [3.8, 4) is 10.6 Å². The lowest BCUT2D eigenvalue weighted by Crippen LogP contribution is -2.08. The number of rotatable bonds is 4. The largest absolute Gasteiger partial charge is 0.419 e. The molecule has 0 fully saturated rings. The van der Waals surface area contributed by atoms with Gasteiger partial charge in [0.15, 0.2) is 5.01 Å². The summed E-state index contributed by atoms with van der Waals surface area (Å²) in [5.41, 5.74) is 3.88. The molecule has 3 nitrogen and oxygen atoms in total. The Hall–Kier alpha value is -1.54. The van der Waals surface area contributed by atoms with E-state index >= 15 is 0 Å². The smallest absolute Gasteiger partial charge is 0.330 e. The van der Waals surface area contributed by atoms with Crippen LogP contribution in [0, 0.1) is 5.82 Å². The molecule has 2 rings (SSSR count). The number of nitrogens with two attached hydrogens (primary N) is 1. The molecule has 0 spiro atoms. The molecule has 0 aliphatic rings. The minimum absolute atomic E-state index is 0.139. The topological polar surface area (TPSA) is 51.8 Å². The molecule has 0 amide bonds. The third-order valence-corrected chi connectivity index (χ3v) is 3.61. The van der Waals surface area contributed by atoms with Gasteiger partial charge in [-0.1, -0.05) is 17.4 Å². The molecular formula is C12H11F4N3S. The van der Waals surface area contributed by atoms with Crippen molar-refractivity contribution in [1.29, 1.82) is 0 Å². The third-order valence-electron chi connectivity index (χ3n) is 2.60. The highest BCUT2D eigenvalue weighted by Crippen LogP contribution is 2.36. The van der Waals surface area contributed by atoms with Gasteiger partial charge >= 0.3 is 6.18 Å². The lowest BCUT2D eigenvalue weighted by atomic mass is 10.1. The Kier molecular flexibility index (Phi) is 4.34. The van der Waals surface area contributed by atoms with Crippen LogP contribution in [0.25, 0.3) is 10.6 Å². The number of aryl methyl sites for hydroxylation is 1. The van der Waals surface area contributed by atoms with Gasteiger partial charge in [0.05, 0.1) is 5.56 Å². The van der Waals surface area contributed by atoms with Crippen molar-refractivity contribution in [1.82, 2.24) is 10.2 Å². The Morgan fingerprint density at radius 2 is 1.95 bits per heavy atom. The number of hydrogen-bond donors (Lipinski definition) is 1. The molecule has 1 aromatic heterocycles. The van der Waals surface area contributed by atoms with E-state index in [1.165, 1.54) is 6.07 Å². The maximum atomic E-state index is 13.9. The number of halogens is 4. The first kappa shape index (κ1) is 14.9. The summed E-state index contributed by atoms with van der Waals surface area (Å²) in [4.78, 5) is 0. The van der Waals surface area contributed by atoms with Gasteiger partial charge in [0.2, 0.25) is 0 Å². The highest BCUT2D eigenvalue weighted by Gasteiger charge is 2.35. The van der Waals surface area contributed by atoms with Gasteiger partial charge in [-0.2, -0.15) is 13.2 Å². The Morgan fingerprint density at radius 3 is 2.60 bits per heavy atom. The molecule has 0 unspecified atom stereocenters. The predicted molar refractivity (Wildman–Crippen MR) is 67.7 cm³/mol. The fourth-order valence-corrected chi connectivity index (χ4v) is 2.53. The van der Waals surface area contributed by atoms with Crippen LogP contribution < -0.4 is 5.73 Å². The van der Waals surface area contributed by atoms with Gasteiger partial charge in [0, 0.05) is 12.0 Å². The van der Waals surface area contributed by atoms with Crippen molar-refractivity contribution in [3.05, 3.63) is 34.6 Å². The van der Waals surface area contributed by atoms with E-state index in [9.17, 15) is 17.6 Å². The zero-order valence-electron chi connectivity index (χ0n) is 10.2. The number of hydrogen-bond acceptors (Lipinski definition) is 4. The van der Waals surface area contributed by atoms with Crippen molar-refractivity contribution >= 4 is 11.3 Å².